The lowest BCUT2D eigenvalue weighted by molar-refractivity contribution is 1.19. The van der Waals surface area contributed by atoms with Gasteiger partial charge in [-0.05, 0) is 44.1 Å². The second-order valence-electron chi connectivity index (χ2n) is 3.48. The third-order valence-corrected chi connectivity index (χ3v) is 2.45. The van der Waals surface area contributed by atoms with Crippen molar-refractivity contribution in [2.75, 3.05) is 12.4 Å². The molecule has 0 aliphatic heterocycles. The number of benzene rings is 1. The second-order valence-corrected chi connectivity index (χ2v) is 3.89. The van der Waals surface area contributed by atoms with E-state index in [0.717, 1.165) is 5.69 Å². The van der Waals surface area contributed by atoms with Crippen LogP contribution in [0.25, 0.3) is 0 Å². The highest BCUT2D eigenvalue weighted by Crippen LogP contribution is 2.21. The van der Waals surface area contributed by atoms with Crippen molar-refractivity contribution in [2.24, 2.45) is 0 Å². The van der Waals surface area contributed by atoms with Crippen LogP contribution in [0.4, 0.5) is 5.69 Å². The molecule has 0 aliphatic rings. The largest absolute Gasteiger partial charge is 0.366 e. The van der Waals surface area contributed by atoms with Crippen LogP contribution in [0.1, 0.15) is 16.7 Å². The molecule has 0 amide bonds. The van der Waals surface area contributed by atoms with E-state index in [-0.39, 0.29) is 0 Å². The standard InChI is InChI=1S/C11H16N2S/c1-7-5-8(2)10(9(3)6-7)13-11(14)12-4/h5-6H,1-4H3,(H2,12,13,14). The Hall–Kier alpha value is -1.09. The van der Waals surface area contributed by atoms with Crippen LogP contribution in [0.3, 0.4) is 0 Å². The fraction of sp³-hybridized carbons (Fsp3) is 0.364. The molecule has 0 unspecified atom stereocenters. The highest BCUT2D eigenvalue weighted by molar-refractivity contribution is 7.80. The normalized spacial score (nSPS) is 9.71. The molecule has 0 radical (unpaired) electrons. The summed E-state index contributed by atoms with van der Waals surface area (Å²) < 4.78 is 0. The Labute approximate surface area is 90.7 Å². The topological polar surface area (TPSA) is 24.1 Å². The van der Waals surface area contributed by atoms with E-state index in [1.54, 1.807) is 0 Å². The molecule has 14 heavy (non-hydrogen) atoms. The summed E-state index contributed by atoms with van der Waals surface area (Å²) in [5.41, 5.74) is 4.83. The van der Waals surface area contributed by atoms with Gasteiger partial charge in [-0.3, -0.25) is 0 Å². The molecule has 0 saturated heterocycles. The maximum Gasteiger partial charge on any atom is 0.170 e. The van der Waals surface area contributed by atoms with E-state index in [9.17, 15) is 0 Å². The fourth-order valence-electron chi connectivity index (χ4n) is 1.55. The quantitative estimate of drug-likeness (QED) is 0.694. The molecule has 0 bridgehead atoms. The third-order valence-electron chi connectivity index (χ3n) is 2.14. The second kappa shape index (κ2) is 4.42. The van der Waals surface area contributed by atoms with E-state index in [0.29, 0.717) is 5.11 Å². The van der Waals surface area contributed by atoms with Gasteiger partial charge in [0.15, 0.2) is 5.11 Å². The van der Waals surface area contributed by atoms with Crippen molar-refractivity contribution in [2.45, 2.75) is 20.8 Å². The highest BCUT2D eigenvalue weighted by atomic mass is 32.1. The molecule has 0 atom stereocenters. The number of hydrogen-bond donors (Lipinski definition) is 2. The first-order valence-electron chi connectivity index (χ1n) is 4.61. The summed E-state index contributed by atoms with van der Waals surface area (Å²) in [4.78, 5) is 0. The Morgan fingerprint density at radius 1 is 1.14 bits per heavy atom. The lowest BCUT2D eigenvalue weighted by atomic mass is 10.1. The van der Waals surface area contributed by atoms with Gasteiger partial charge in [0.1, 0.15) is 0 Å². The minimum absolute atomic E-state index is 0.653. The fourth-order valence-corrected chi connectivity index (χ4v) is 1.66. The van der Waals surface area contributed by atoms with E-state index in [4.69, 9.17) is 12.2 Å². The van der Waals surface area contributed by atoms with Crippen LogP contribution in [0.2, 0.25) is 0 Å². The number of aryl methyl sites for hydroxylation is 3. The first-order valence-corrected chi connectivity index (χ1v) is 5.02. The summed E-state index contributed by atoms with van der Waals surface area (Å²) in [5.74, 6) is 0. The molecule has 0 saturated carbocycles. The van der Waals surface area contributed by atoms with Gasteiger partial charge in [-0.25, -0.2) is 0 Å². The van der Waals surface area contributed by atoms with Gasteiger partial charge in [0.05, 0.1) is 0 Å². The monoisotopic (exact) mass is 208 g/mol. The van der Waals surface area contributed by atoms with Gasteiger partial charge in [-0.15, -0.1) is 0 Å². The lowest BCUT2D eigenvalue weighted by Crippen LogP contribution is -2.25. The average Bonchev–Trinajstić information content (AvgIpc) is 2.10. The number of rotatable bonds is 1. The maximum atomic E-state index is 5.07. The first-order chi connectivity index (χ1) is 6.54. The maximum absolute atomic E-state index is 5.07. The molecule has 0 aliphatic carbocycles. The van der Waals surface area contributed by atoms with Crippen LogP contribution in [0, 0.1) is 20.8 Å². The van der Waals surface area contributed by atoms with Crippen LogP contribution < -0.4 is 10.6 Å². The molecular formula is C11H16N2S. The van der Waals surface area contributed by atoms with Gasteiger partial charge in [0.2, 0.25) is 0 Å². The average molecular weight is 208 g/mol. The summed E-state index contributed by atoms with van der Waals surface area (Å²) >= 11 is 5.07. The van der Waals surface area contributed by atoms with Crippen LogP contribution in [-0.2, 0) is 0 Å². The van der Waals surface area contributed by atoms with Gasteiger partial charge < -0.3 is 10.6 Å². The van der Waals surface area contributed by atoms with Crippen LogP contribution in [0.15, 0.2) is 12.1 Å². The minimum atomic E-state index is 0.653. The van der Waals surface area contributed by atoms with Crippen molar-refractivity contribution < 1.29 is 0 Å². The Balaban J connectivity index is 3.02. The Kier molecular flexibility index (Phi) is 3.47. The molecule has 0 heterocycles. The minimum Gasteiger partial charge on any atom is -0.366 e. The van der Waals surface area contributed by atoms with Crippen LogP contribution in [0.5, 0.6) is 0 Å². The molecule has 2 nitrogen and oxygen atoms in total. The smallest absolute Gasteiger partial charge is 0.170 e. The van der Waals surface area contributed by atoms with Crippen molar-refractivity contribution in [3.63, 3.8) is 0 Å². The molecule has 1 rings (SSSR count). The third kappa shape index (κ3) is 2.45. The summed E-state index contributed by atoms with van der Waals surface area (Å²) in [5, 5.41) is 6.73. The van der Waals surface area contributed by atoms with E-state index >= 15 is 0 Å². The SMILES string of the molecule is CNC(=S)Nc1c(C)cc(C)cc1C. The number of nitrogens with one attached hydrogen (secondary N) is 2. The molecule has 0 spiro atoms. The van der Waals surface area contributed by atoms with Gasteiger partial charge in [-0.2, -0.15) is 0 Å². The summed E-state index contributed by atoms with van der Waals surface area (Å²) in [6.45, 7) is 6.27. The van der Waals surface area contributed by atoms with Crippen molar-refractivity contribution in [3.05, 3.63) is 28.8 Å². The summed E-state index contributed by atoms with van der Waals surface area (Å²) in [6, 6.07) is 4.29. The van der Waals surface area contributed by atoms with Gasteiger partial charge in [0, 0.05) is 12.7 Å². The van der Waals surface area contributed by atoms with Crippen LogP contribution >= 0.6 is 12.2 Å². The van der Waals surface area contributed by atoms with E-state index in [2.05, 4.69) is 43.5 Å². The molecule has 76 valence electrons. The molecule has 3 heteroatoms. The molecule has 1 aromatic carbocycles. The van der Waals surface area contributed by atoms with E-state index < -0.39 is 0 Å². The molecule has 0 aromatic heterocycles. The van der Waals surface area contributed by atoms with Crippen molar-refractivity contribution in [1.29, 1.82) is 0 Å². The molecule has 2 N–H and O–H groups in total. The Morgan fingerprint density at radius 2 is 1.64 bits per heavy atom. The summed E-state index contributed by atoms with van der Waals surface area (Å²) in [6.07, 6.45) is 0. The highest BCUT2D eigenvalue weighted by Gasteiger charge is 2.04. The predicted octanol–water partition coefficient (Wildman–Crippen LogP) is 2.53. The van der Waals surface area contributed by atoms with Gasteiger partial charge in [-0.1, -0.05) is 17.7 Å². The molecular weight excluding hydrogens is 192 g/mol. The number of anilines is 1. The zero-order valence-corrected chi connectivity index (χ0v) is 9.88. The van der Waals surface area contributed by atoms with Gasteiger partial charge >= 0.3 is 0 Å². The Morgan fingerprint density at radius 3 is 2.07 bits per heavy atom. The zero-order valence-electron chi connectivity index (χ0n) is 9.06. The van der Waals surface area contributed by atoms with Crippen LogP contribution in [-0.4, -0.2) is 12.2 Å². The van der Waals surface area contributed by atoms with Gasteiger partial charge in [0.25, 0.3) is 0 Å². The summed E-state index contributed by atoms with van der Waals surface area (Å²) in [7, 11) is 1.81. The molecule has 0 fully saturated rings. The van der Waals surface area contributed by atoms with Crippen molar-refractivity contribution in [3.8, 4) is 0 Å². The number of hydrogen-bond acceptors (Lipinski definition) is 1. The Bertz CT molecular complexity index is 335. The zero-order chi connectivity index (χ0) is 10.7. The van der Waals surface area contributed by atoms with E-state index in [1.807, 2.05) is 7.05 Å². The first kappa shape index (κ1) is 11.0. The number of thiocarbonyl (C=S) groups is 1. The van der Waals surface area contributed by atoms with Crippen molar-refractivity contribution in [1.82, 2.24) is 5.32 Å². The lowest BCUT2D eigenvalue weighted by Gasteiger charge is -2.13. The molecule has 1 aromatic rings. The van der Waals surface area contributed by atoms with E-state index in [1.165, 1.54) is 16.7 Å². The predicted molar refractivity (Wildman–Crippen MR) is 65.9 cm³/mol. The van der Waals surface area contributed by atoms with Crippen molar-refractivity contribution >= 4 is 23.0 Å².